The van der Waals surface area contributed by atoms with E-state index in [1.54, 1.807) is 6.07 Å². The number of nitrogens with zero attached hydrogens (tertiary/aromatic N) is 3. The van der Waals surface area contributed by atoms with Gasteiger partial charge < -0.3 is 0 Å². The van der Waals surface area contributed by atoms with E-state index in [1.807, 2.05) is 6.20 Å². The Morgan fingerprint density at radius 3 is 2.82 bits per heavy atom. The predicted molar refractivity (Wildman–Crippen MR) is 84.4 cm³/mol. The van der Waals surface area contributed by atoms with E-state index in [-0.39, 0.29) is 0 Å². The Kier molecular flexibility index (Phi) is 3.39. The molecule has 22 heavy (non-hydrogen) atoms. The fourth-order valence-electron chi connectivity index (χ4n) is 4.06. The van der Waals surface area contributed by atoms with Crippen molar-refractivity contribution in [2.24, 2.45) is 0 Å². The summed E-state index contributed by atoms with van der Waals surface area (Å²) in [6, 6.07) is 6.52. The van der Waals surface area contributed by atoms with E-state index in [0.717, 1.165) is 11.1 Å². The van der Waals surface area contributed by atoms with Crippen molar-refractivity contribution in [1.82, 2.24) is 14.9 Å². The van der Waals surface area contributed by atoms with Crippen LogP contribution in [0, 0.1) is 5.95 Å². The average molecular weight is 317 g/mol. The first-order valence-electron chi connectivity index (χ1n) is 7.63. The highest BCUT2D eigenvalue weighted by atomic mass is 35.5. The minimum atomic E-state index is -0.501. The zero-order valence-corrected chi connectivity index (χ0v) is 13.1. The van der Waals surface area contributed by atoms with Crippen LogP contribution >= 0.6 is 11.6 Å². The van der Waals surface area contributed by atoms with Gasteiger partial charge in [-0.15, -0.1) is 0 Å². The quantitative estimate of drug-likeness (QED) is 0.787. The zero-order valence-electron chi connectivity index (χ0n) is 12.3. The highest BCUT2D eigenvalue weighted by molar-refractivity contribution is 6.32. The molecule has 114 valence electrons. The number of hydrogen-bond donors (Lipinski definition) is 0. The average Bonchev–Trinajstić information content (AvgIpc) is 3.03. The lowest BCUT2D eigenvalue weighted by molar-refractivity contribution is 0.307. The van der Waals surface area contributed by atoms with E-state index in [1.165, 1.54) is 37.1 Å². The summed E-state index contributed by atoms with van der Waals surface area (Å²) in [6.07, 6.45) is 7.05. The van der Waals surface area contributed by atoms with Crippen molar-refractivity contribution in [2.75, 3.05) is 7.05 Å². The van der Waals surface area contributed by atoms with Crippen LogP contribution in [0.2, 0.25) is 5.15 Å². The van der Waals surface area contributed by atoms with Crippen LogP contribution in [0.1, 0.15) is 30.7 Å². The molecular weight excluding hydrogens is 300 g/mol. The molecule has 3 nitrogen and oxygen atoms in total. The summed E-state index contributed by atoms with van der Waals surface area (Å²) in [4.78, 5) is 10.4. The maximum absolute atomic E-state index is 13.4. The van der Waals surface area contributed by atoms with Crippen LogP contribution in [-0.2, 0) is 0 Å². The highest BCUT2D eigenvalue weighted by Crippen LogP contribution is 2.46. The van der Waals surface area contributed by atoms with E-state index in [9.17, 15) is 4.39 Å². The lowest BCUT2D eigenvalue weighted by Crippen LogP contribution is -2.25. The smallest absolute Gasteiger partial charge is 0.213 e. The molecule has 0 amide bonds. The van der Waals surface area contributed by atoms with E-state index >= 15 is 0 Å². The molecule has 0 spiro atoms. The molecule has 2 aromatic heterocycles. The maximum atomic E-state index is 13.4. The van der Waals surface area contributed by atoms with Gasteiger partial charge in [-0.3, -0.25) is 4.90 Å². The Bertz CT molecular complexity index is 721. The summed E-state index contributed by atoms with van der Waals surface area (Å²) < 4.78 is 13.4. The van der Waals surface area contributed by atoms with Crippen molar-refractivity contribution in [3.05, 3.63) is 47.3 Å². The van der Waals surface area contributed by atoms with Crippen LogP contribution in [0.5, 0.6) is 0 Å². The maximum Gasteiger partial charge on any atom is 0.213 e. The van der Waals surface area contributed by atoms with Crippen LogP contribution in [0.15, 0.2) is 30.6 Å². The minimum Gasteiger partial charge on any atom is -0.300 e. The van der Waals surface area contributed by atoms with Crippen molar-refractivity contribution in [3.63, 3.8) is 0 Å². The fourth-order valence-corrected chi connectivity index (χ4v) is 4.27. The van der Waals surface area contributed by atoms with Gasteiger partial charge >= 0.3 is 0 Å². The molecule has 4 heterocycles. The van der Waals surface area contributed by atoms with Gasteiger partial charge in [-0.2, -0.15) is 4.39 Å². The summed E-state index contributed by atoms with van der Waals surface area (Å²) in [6.45, 7) is 0. The molecule has 0 radical (unpaired) electrons. The first-order chi connectivity index (χ1) is 10.6. The van der Waals surface area contributed by atoms with Gasteiger partial charge in [-0.1, -0.05) is 11.6 Å². The molecule has 0 saturated carbocycles. The molecule has 4 rings (SSSR count). The Labute approximate surface area is 134 Å². The van der Waals surface area contributed by atoms with Crippen LogP contribution in [-0.4, -0.2) is 34.0 Å². The molecule has 2 saturated heterocycles. The largest absolute Gasteiger partial charge is 0.300 e. The summed E-state index contributed by atoms with van der Waals surface area (Å²) in [5.74, 6) is -0.00224. The van der Waals surface area contributed by atoms with E-state index in [4.69, 9.17) is 11.6 Å². The lowest BCUT2D eigenvalue weighted by Gasteiger charge is -2.22. The number of rotatable bonds is 2. The van der Waals surface area contributed by atoms with Gasteiger partial charge in [0.25, 0.3) is 0 Å². The number of likely N-dealkylation sites (N-methyl/N-ethyl adjacent to an activating group) is 1. The molecule has 0 unspecified atom stereocenters. The monoisotopic (exact) mass is 316 g/mol. The van der Waals surface area contributed by atoms with Gasteiger partial charge in [-0.05, 0) is 49.6 Å². The van der Waals surface area contributed by atoms with Crippen LogP contribution < -0.4 is 0 Å². The second kappa shape index (κ2) is 5.28. The molecule has 0 aromatic carbocycles. The van der Waals surface area contributed by atoms with Crippen LogP contribution in [0.3, 0.4) is 0 Å². The van der Waals surface area contributed by atoms with E-state index < -0.39 is 5.95 Å². The Morgan fingerprint density at radius 2 is 2.14 bits per heavy atom. The first-order valence-corrected chi connectivity index (χ1v) is 8.00. The summed E-state index contributed by atoms with van der Waals surface area (Å²) in [5, 5.41) is 0.408. The van der Waals surface area contributed by atoms with E-state index in [0.29, 0.717) is 23.2 Å². The molecule has 2 aliphatic rings. The molecule has 5 heteroatoms. The van der Waals surface area contributed by atoms with Crippen molar-refractivity contribution in [3.8, 4) is 11.1 Å². The Hall–Kier alpha value is -1.52. The van der Waals surface area contributed by atoms with Crippen molar-refractivity contribution < 1.29 is 4.39 Å². The van der Waals surface area contributed by atoms with Crippen LogP contribution in [0.25, 0.3) is 11.1 Å². The summed E-state index contributed by atoms with van der Waals surface area (Å²) >= 11 is 6.23. The Balaban J connectivity index is 1.73. The molecule has 0 aliphatic carbocycles. The lowest BCUT2D eigenvalue weighted by atomic mass is 9.84. The topological polar surface area (TPSA) is 29.0 Å². The van der Waals surface area contributed by atoms with Gasteiger partial charge in [0.05, 0.1) is 0 Å². The SMILES string of the molecule is [11CH3]N1[C@@H]2CC[C@@H]1[C@@H](c1cnc(Cl)c(-c3ccnc(F)c3)c1)C2. The molecular formula is C17H17ClFN3. The summed E-state index contributed by atoms with van der Waals surface area (Å²) in [5.41, 5.74) is 2.71. The molecule has 2 fully saturated rings. The number of hydrogen-bond acceptors (Lipinski definition) is 3. The van der Waals surface area contributed by atoms with Gasteiger partial charge in [-0.25, -0.2) is 9.97 Å². The fraction of sp³-hybridized carbons (Fsp3) is 0.412. The van der Waals surface area contributed by atoms with Crippen molar-refractivity contribution in [1.29, 1.82) is 0 Å². The van der Waals surface area contributed by atoms with Gasteiger partial charge in [0.2, 0.25) is 5.95 Å². The van der Waals surface area contributed by atoms with Crippen molar-refractivity contribution in [2.45, 2.75) is 37.3 Å². The normalized spacial score (nSPS) is 27.5. The Morgan fingerprint density at radius 1 is 1.27 bits per heavy atom. The number of fused-ring (bicyclic) bond motifs is 2. The molecule has 2 aromatic rings. The van der Waals surface area contributed by atoms with E-state index in [2.05, 4.69) is 28.0 Å². The third-order valence-electron chi connectivity index (χ3n) is 5.21. The molecule has 3 atom stereocenters. The molecule has 0 N–H and O–H groups in total. The second-order valence-electron chi connectivity index (χ2n) is 6.28. The number of halogens is 2. The third kappa shape index (κ3) is 2.22. The first kappa shape index (κ1) is 14.1. The minimum absolute atomic E-state index is 0.408. The molecule has 2 bridgehead atoms. The number of aromatic nitrogens is 2. The predicted octanol–water partition coefficient (Wildman–Crippen LogP) is 3.89. The van der Waals surface area contributed by atoms with Crippen molar-refractivity contribution >= 4 is 11.6 Å². The zero-order chi connectivity index (χ0) is 15.3. The third-order valence-corrected chi connectivity index (χ3v) is 5.51. The highest BCUT2D eigenvalue weighted by Gasteiger charge is 2.44. The number of pyridine rings is 2. The second-order valence-corrected chi connectivity index (χ2v) is 6.64. The standard InChI is InChI=1S/C17H17ClFN3/c1-22-12-2-3-15(22)13(8-12)11-6-14(17(18)21-9-11)10-4-5-20-16(19)7-10/h4-7,9,12-13,15H,2-3,8H2,1H3/t12-,13-,15-/m1/s1/i1-1. The van der Waals surface area contributed by atoms with Gasteiger partial charge in [0, 0.05) is 42.0 Å². The summed E-state index contributed by atoms with van der Waals surface area (Å²) in [7, 11) is 2.21. The van der Waals surface area contributed by atoms with Gasteiger partial charge in [0.15, 0.2) is 0 Å². The van der Waals surface area contributed by atoms with Crippen LogP contribution in [0.4, 0.5) is 4.39 Å². The van der Waals surface area contributed by atoms with Gasteiger partial charge in [0.1, 0.15) is 5.15 Å². The molecule has 2 aliphatic heterocycles.